The van der Waals surface area contributed by atoms with Crippen LogP contribution in [0, 0.1) is 0 Å². The first kappa shape index (κ1) is 6.18. The molecule has 0 amide bonds. The molecule has 1 aliphatic heterocycles. The van der Waals surface area contributed by atoms with E-state index in [0.717, 1.165) is 0 Å². The molecule has 0 aromatic rings. The largest absolute Gasteiger partial charge is 0.515 e. The highest BCUT2D eigenvalue weighted by atomic mass is 19.4. The van der Waals surface area contributed by atoms with Gasteiger partial charge in [0.1, 0.15) is 0 Å². The van der Waals surface area contributed by atoms with Crippen molar-refractivity contribution in [3.63, 3.8) is 0 Å². The highest BCUT2D eigenvalue weighted by molar-refractivity contribution is 5.64. The Morgan fingerprint density at radius 2 is 1.78 bits per heavy atom. The molecule has 0 aromatic carbocycles. The van der Waals surface area contributed by atoms with Crippen LogP contribution in [0.4, 0.5) is 18.0 Å². The summed E-state index contributed by atoms with van der Waals surface area (Å²) in [7, 11) is 0. The molecule has 0 aromatic heterocycles. The van der Waals surface area contributed by atoms with Gasteiger partial charge in [0.05, 0.1) is 0 Å². The zero-order chi connectivity index (χ0) is 7.07. The van der Waals surface area contributed by atoms with E-state index in [1.165, 1.54) is 0 Å². The summed E-state index contributed by atoms with van der Waals surface area (Å²) in [4.78, 5) is 9.61. The van der Waals surface area contributed by atoms with Crippen molar-refractivity contribution in [1.82, 2.24) is 0 Å². The molecule has 0 radical (unpaired) electrons. The van der Waals surface area contributed by atoms with Gasteiger partial charge in [-0.25, -0.2) is 4.79 Å². The number of carbonyl (C=O) groups excluding carboxylic acids is 1. The number of hydrogen-bond donors (Lipinski definition) is 0. The van der Waals surface area contributed by atoms with Crippen molar-refractivity contribution in [3.8, 4) is 0 Å². The Bertz CT molecular complexity index is 132. The SMILES string of the molecule is O=C1OC(C(F)(F)F)O1. The molecule has 0 spiro atoms. The topological polar surface area (TPSA) is 35.5 Å². The molecule has 0 saturated carbocycles. The molecule has 1 aliphatic rings. The van der Waals surface area contributed by atoms with Crippen molar-refractivity contribution >= 4 is 6.16 Å². The van der Waals surface area contributed by atoms with Crippen LogP contribution in [0.15, 0.2) is 0 Å². The van der Waals surface area contributed by atoms with E-state index in [-0.39, 0.29) is 0 Å². The molecule has 6 heteroatoms. The first-order chi connectivity index (χ1) is 4.00. The van der Waals surface area contributed by atoms with E-state index in [9.17, 15) is 18.0 Å². The van der Waals surface area contributed by atoms with Crippen LogP contribution in [0.2, 0.25) is 0 Å². The third-order valence-electron chi connectivity index (χ3n) is 0.674. The molecule has 52 valence electrons. The first-order valence-corrected chi connectivity index (χ1v) is 1.94. The molecule has 3 nitrogen and oxygen atoms in total. The van der Waals surface area contributed by atoms with E-state index < -0.39 is 18.6 Å². The monoisotopic (exact) mass is 142 g/mol. The minimum Gasteiger partial charge on any atom is -0.383 e. The van der Waals surface area contributed by atoms with Crippen LogP contribution in [0.25, 0.3) is 0 Å². The van der Waals surface area contributed by atoms with E-state index in [2.05, 4.69) is 9.47 Å². The van der Waals surface area contributed by atoms with Crippen LogP contribution in [0.1, 0.15) is 0 Å². The number of halogens is 3. The van der Waals surface area contributed by atoms with E-state index in [1.807, 2.05) is 0 Å². The Morgan fingerprint density at radius 1 is 1.33 bits per heavy atom. The van der Waals surface area contributed by atoms with Crippen LogP contribution in [-0.2, 0) is 9.47 Å². The maximum atomic E-state index is 11.3. The number of ether oxygens (including phenoxy) is 2. The summed E-state index contributed by atoms with van der Waals surface area (Å²) in [6.07, 6.45) is -8.21. The predicted octanol–water partition coefficient (Wildman–Crippen LogP) is 1.04. The van der Waals surface area contributed by atoms with Crippen molar-refractivity contribution in [2.45, 2.75) is 12.5 Å². The minimum atomic E-state index is -4.59. The Kier molecular flexibility index (Phi) is 1.04. The number of hydrogen-bond acceptors (Lipinski definition) is 3. The van der Waals surface area contributed by atoms with E-state index in [0.29, 0.717) is 0 Å². The second kappa shape index (κ2) is 1.52. The van der Waals surface area contributed by atoms with Gasteiger partial charge in [-0.05, 0) is 0 Å². The maximum absolute atomic E-state index is 11.3. The van der Waals surface area contributed by atoms with E-state index >= 15 is 0 Å². The summed E-state index contributed by atoms with van der Waals surface area (Å²) in [6, 6.07) is 0. The van der Waals surface area contributed by atoms with Crippen LogP contribution in [0.3, 0.4) is 0 Å². The van der Waals surface area contributed by atoms with Gasteiger partial charge < -0.3 is 9.47 Å². The van der Waals surface area contributed by atoms with Gasteiger partial charge in [-0.2, -0.15) is 13.2 Å². The lowest BCUT2D eigenvalue weighted by Crippen LogP contribution is -2.46. The quantitative estimate of drug-likeness (QED) is 0.474. The normalized spacial score (nSPS) is 20.1. The molecule has 1 fully saturated rings. The second-order valence-corrected chi connectivity index (χ2v) is 1.36. The van der Waals surface area contributed by atoms with Crippen molar-refractivity contribution in [3.05, 3.63) is 0 Å². The first-order valence-electron chi connectivity index (χ1n) is 1.94. The summed E-state index contributed by atoms with van der Waals surface area (Å²) in [5, 5.41) is 0. The average Bonchev–Trinajstić information content (AvgIpc) is 1.55. The highest BCUT2D eigenvalue weighted by Crippen LogP contribution is 2.29. The van der Waals surface area contributed by atoms with Crippen molar-refractivity contribution in [2.75, 3.05) is 0 Å². The number of alkyl halides is 3. The van der Waals surface area contributed by atoms with Gasteiger partial charge in [0, 0.05) is 0 Å². The van der Waals surface area contributed by atoms with Crippen molar-refractivity contribution in [1.29, 1.82) is 0 Å². The minimum absolute atomic E-state index is 1.28. The summed E-state index contributed by atoms with van der Waals surface area (Å²) < 4.78 is 40.9. The Morgan fingerprint density at radius 3 is 1.89 bits per heavy atom. The van der Waals surface area contributed by atoms with Gasteiger partial charge in [-0.1, -0.05) is 0 Å². The maximum Gasteiger partial charge on any atom is 0.515 e. The zero-order valence-corrected chi connectivity index (χ0v) is 3.94. The molecular weight excluding hydrogens is 141 g/mol. The number of carbonyl (C=O) groups is 1. The molecule has 1 rings (SSSR count). The average molecular weight is 142 g/mol. The molecule has 0 N–H and O–H groups in total. The summed E-state index contributed by atoms with van der Waals surface area (Å²) >= 11 is 0. The molecule has 0 aliphatic carbocycles. The lowest BCUT2D eigenvalue weighted by Gasteiger charge is -2.26. The lowest BCUT2D eigenvalue weighted by atomic mass is 10.6. The van der Waals surface area contributed by atoms with Crippen LogP contribution >= 0.6 is 0 Å². The fourth-order valence-electron chi connectivity index (χ4n) is 0.317. The number of cyclic esters (lactones) is 2. The van der Waals surface area contributed by atoms with Crippen molar-refractivity contribution in [2.24, 2.45) is 0 Å². The summed E-state index contributed by atoms with van der Waals surface area (Å²) in [5.41, 5.74) is 0. The Labute approximate surface area is 47.3 Å². The third-order valence-corrected chi connectivity index (χ3v) is 0.674. The van der Waals surface area contributed by atoms with Gasteiger partial charge in [0.2, 0.25) is 0 Å². The predicted molar refractivity (Wildman–Crippen MR) is 17.4 cm³/mol. The lowest BCUT2D eigenvalue weighted by molar-refractivity contribution is -0.328. The fourth-order valence-corrected chi connectivity index (χ4v) is 0.317. The molecule has 1 heterocycles. The van der Waals surface area contributed by atoms with Gasteiger partial charge >= 0.3 is 18.6 Å². The van der Waals surface area contributed by atoms with Crippen molar-refractivity contribution < 1.29 is 27.4 Å². The summed E-state index contributed by atoms with van der Waals surface area (Å²) in [5.74, 6) is 0. The van der Waals surface area contributed by atoms with Crippen LogP contribution in [0.5, 0.6) is 0 Å². The molecule has 0 atom stereocenters. The van der Waals surface area contributed by atoms with E-state index in [4.69, 9.17) is 0 Å². The highest BCUT2D eigenvalue weighted by Gasteiger charge is 2.52. The Hall–Kier alpha value is -0.940. The molecule has 0 bridgehead atoms. The summed E-state index contributed by atoms with van der Waals surface area (Å²) in [6.45, 7) is 0. The second-order valence-electron chi connectivity index (χ2n) is 1.36. The smallest absolute Gasteiger partial charge is 0.383 e. The molecule has 1 saturated heterocycles. The molecular formula is C3HF3O3. The van der Waals surface area contributed by atoms with Gasteiger partial charge in [-0.3, -0.25) is 0 Å². The fraction of sp³-hybridized carbons (Fsp3) is 0.667. The Balaban J connectivity index is 2.40. The van der Waals surface area contributed by atoms with Gasteiger partial charge in [0.15, 0.2) is 0 Å². The molecule has 9 heavy (non-hydrogen) atoms. The van der Waals surface area contributed by atoms with Crippen LogP contribution in [-0.4, -0.2) is 18.6 Å². The van der Waals surface area contributed by atoms with Crippen LogP contribution < -0.4 is 0 Å². The zero-order valence-electron chi connectivity index (χ0n) is 3.94. The van der Waals surface area contributed by atoms with Gasteiger partial charge in [0.25, 0.3) is 0 Å². The van der Waals surface area contributed by atoms with Gasteiger partial charge in [-0.15, -0.1) is 0 Å². The molecule has 0 unspecified atom stereocenters. The number of rotatable bonds is 0. The standard InChI is InChI=1S/C3HF3O3/c4-3(5,6)1-8-2(7)9-1/h1H. The third kappa shape index (κ3) is 1.06. The van der Waals surface area contributed by atoms with E-state index in [1.54, 1.807) is 0 Å².